The quantitative estimate of drug-likeness (QED) is 0.655. The number of carbonyl (C=O) groups excluding carboxylic acids is 2. The molecule has 1 atom stereocenters. The molecule has 3 rings (SSSR count). The van der Waals surface area contributed by atoms with Crippen molar-refractivity contribution in [3.05, 3.63) is 48.8 Å². The maximum absolute atomic E-state index is 14.1. The highest BCUT2D eigenvalue weighted by Crippen LogP contribution is 2.18. The van der Waals surface area contributed by atoms with Crippen LogP contribution in [-0.2, 0) is 9.59 Å². The van der Waals surface area contributed by atoms with Crippen molar-refractivity contribution in [2.75, 3.05) is 11.9 Å². The van der Waals surface area contributed by atoms with E-state index in [0.29, 0.717) is 12.5 Å². The number of benzene rings is 1. The summed E-state index contributed by atoms with van der Waals surface area (Å²) in [5, 5.41) is 8.86. The molecule has 0 radical (unpaired) electrons. The second-order valence-electron chi connectivity index (χ2n) is 5.82. The molecule has 8 heteroatoms. The highest BCUT2D eigenvalue weighted by atomic mass is 19.1. The van der Waals surface area contributed by atoms with Crippen molar-refractivity contribution in [1.82, 2.24) is 20.1 Å². The van der Waals surface area contributed by atoms with E-state index in [1.54, 1.807) is 0 Å². The minimum atomic E-state index is -0.820. The van der Waals surface area contributed by atoms with Gasteiger partial charge in [0.25, 0.3) is 0 Å². The van der Waals surface area contributed by atoms with E-state index >= 15 is 0 Å². The lowest BCUT2D eigenvalue weighted by atomic mass is 9.94. The first kappa shape index (κ1) is 16.8. The van der Waals surface area contributed by atoms with E-state index in [1.165, 1.54) is 29.5 Å². The first-order valence-electron chi connectivity index (χ1n) is 8.02. The van der Waals surface area contributed by atoms with E-state index in [9.17, 15) is 14.0 Å². The molecule has 0 spiro atoms. The van der Waals surface area contributed by atoms with E-state index in [2.05, 4.69) is 32.9 Å². The molecule has 130 valence electrons. The molecule has 0 unspecified atom stereocenters. The van der Waals surface area contributed by atoms with Crippen molar-refractivity contribution in [3.8, 4) is 5.69 Å². The number of halogens is 1. The van der Waals surface area contributed by atoms with Gasteiger partial charge < -0.3 is 10.6 Å². The number of nitrogens with one attached hydrogen (secondary N) is 2. The fourth-order valence-corrected chi connectivity index (χ4v) is 2.65. The Labute approximate surface area is 143 Å². The van der Waals surface area contributed by atoms with Gasteiger partial charge in [0.2, 0.25) is 0 Å². The Morgan fingerprint density at radius 2 is 2.16 bits per heavy atom. The van der Waals surface area contributed by atoms with Gasteiger partial charge in [-0.05, 0) is 43.4 Å². The minimum Gasteiger partial charge on any atom is -0.348 e. The smallest absolute Gasteiger partial charge is 0.313 e. The molecule has 2 aromatic rings. The fourth-order valence-electron chi connectivity index (χ4n) is 2.65. The molecular weight excluding hydrogens is 325 g/mol. The molecule has 2 amide bonds. The van der Waals surface area contributed by atoms with Gasteiger partial charge in [0.15, 0.2) is 5.82 Å². The SMILES string of the molecule is O=C(NC[C@H]1CC=CCC1)C(=O)Nc1ccc(-n2cncn2)c(F)c1. The largest absolute Gasteiger partial charge is 0.348 e. The fraction of sp³-hybridized carbons (Fsp3) is 0.294. The second-order valence-corrected chi connectivity index (χ2v) is 5.82. The zero-order chi connectivity index (χ0) is 17.6. The molecule has 1 aliphatic rings. The summed E-state index contributed by atoms with van der Waals surface area (Å²) in [7, 11) is 0. The number of carbonyl (C=O) groups is 2. The van der Waals surface area contributed by atoms with E-state index in [4.69, 9.17) is 0 Å². The van der Waals surface area contributed by atoms with Crippen molar-refractivity contribution in [1.29, 1.82) is 0 Å². The Balaban J connectivity index is 1.56. The van der Waals surface area contributed by atoms with E-state index in [0.717, 1.165) is 25.3 Å². The second kappa shape index (κ2) is 7.69. The summed E-state index contributed by atoms with van der Waals surface area (Å²) in [5.74, 6) is -1.78. The molecule has 0 bridgehead atoms. The normalized spacial score (nSPS) is 16.4. The number of rotatable bonds is 4. The molecule has 25 heavy (non-hydrogen) atoms. The number of hydrogen-bond acceptors (Lipinski definition) is 4. The van der Waals surface area contributed by atoms with Gasteiger partial charge in [0.1, 0.15) is 18.3 Å². The zero-order valence-electron chi connectivity index (χ0n) is 13.5. The first-order chi connectivity index (χ1) is 12.1. The Bertz CT molecular complexity index is 788. The van der Waals surface area contributed by atoms with Crippen molar-refractivity contribution in [2.45, 2.75) is 19.3 Å². The van der Waals surface area contributed by atoms with Gasteiger partial charge >= 0.3 is 11.8 Å². The molecular formula is C17H18FN5O2. The monoisotopic (exact) mass is 343 g/mol. The Morgan fingerprint density at radius 1 is 1.28 bits per heavy atom. The number of allylic oxidation sites excluding steroid dienone is 2. The van der Waals surface area contributed by atoms with Gasteiger partial charge in [-0.25, -0.2) is 14.1 Å². The topological polar surface area (TPSA) is 88.9 Å². The number of amides is 2. The molecule has 1 aromatic heterocycles. The molecule has 0 saturated heterocycles. The predicted octanol–water partition coefficient (Wildman–Crippen LogP) is 1.82. The Morgan fingerprint density at radius 3 is 2.84 bits per heavy atom. The summed E-state index contributed by atoms with van der Waals surface area (Å²) < 4.78 is 15.4. The lowest BCUT2D eigenvalue weighted by molar-refractivity contribution is -0.136. The summed E-state index contributed by atoms with van der Waals surface area (Å²) >= 11 is 0. The number of hydrogen-bond donors (Lipinski definition) is 2. The average Bonchev–Trinajstić information content (AvgIpc) is 3.15. The van der Waals surface area contributed by atoms with Gasteiger partial charge in [0.05, 0.1) is 0 Å². The van der Waals surface area contributed by atoms with Crippen LogP contribution in [-0.4, -0.2) is 33.1 Å². The van der Waals surface area contributed by atoms with Crippen molar-refractivity contribution in [2.24, 2.45) is 5.92 Å². The summed E-state index contributed by atoms with van der Waals surface area (Å²) in [5.41, 5.74) is 0.396. The van der Waals surface area contributed by atoms with Crippen molar-refractivity contribution >= 4 is 17.5 Å². The van der Waals surface area contributed by atoms with E-state index in [1.807, 2.05) is 0 Å². The third-order valence-corrected chi connectivity index (χ3v) is 4.01. The number of nitrogens with zero attached hydrogens (tertiary/aromatic N) is 3. The molecule has 7 nitrogen and oxygen atoms in total. The first-order valence-corrected chi connectivity index (χ1v) is 8.02. The van der Waals surface area contributed by atoms with Crippen molar-refractivity contribution < 1.29 is 14.0 Å². The van der Waals surface area contributed by atoms with E-state index < -0.39 is 17.6 Å². The van der Waals surface area contributed by atoms with Crippen LogP contribution < -0.4 is 10.6 Å². The molecule has 2 N–H and O–H groups in total. The summed E-state index contributed by atoms with van der Waals surface area (Å²) in [6, 6.07) is 4.08. The summed E-state index contributed by atoms with van der Waals surface area (Å²) in [6.07, 6.45) is 9.74. The molecule has 0 saturated carbocycles. The lowest BCUT2D eigenvalue weighted by Gasteiger charge is -2.17. The van der Waals surface area contributed by atoms with Crippen molar-refractivity contribution in [3.63, 3.8) is 0 Å². The summed E-state index contributed by atoms with van der Waals surface area (Å²) in [4.78, 5) is 27.5. The maximum Gasteiger partial charge on any atom is 0.313 e. The van der Waals surface area contributed by atoms with Gasteiger partial charge in [-0.15, -0.1) is 0 Å². The van der Waals surface area contributed by atoms with Crippen LogP contribution in [0.25, 0.3) is 5.69 Å². The third kappa shape index (κ3) is 4.28. The van der Waals surface area contributed by atoms with Crippen LogP contribution in [0.15, 0.2) is 43.0 Å². The molecule has 1 aliphatic carbocycles. The van der Waals surface area contributed by atoms with Crippen LogP contribution >= 0.6 is 0 Å². The summed E-state index contributed by atoms with van der Waals surface area (Å²) in [6.45, 7) is 0.455. The van der Waals surface area contributed by atoms with Gasteiger partial charge in [0, 0.05) is 12.2 Å². The van der Waals surface area contributed by atoms with Crippen LogP contribution in [0.1, 0.15) is 19.3 Å². The third-order valence-electron chi connectivity index (χ3n) is 4.01. The minimum absolute atomic E-state index is 0.196. The Kier molecular flexibility index (Phi) is 5.17. The predicted molar refractivity (Wildman–Crippen MR) is 89.4 cm³/mol. The zero-order valence-corrected chi connectivity index (χ0v) is 13.5. The highest BCUT2D eigenvalue weighted by Gasteiger charge is 2.17. The standard InChI is InChI=1S/C17H18FN5O2/c18-14-8-13(6-7-15(14)23-11-19-10-21-23)22-17(25)16(24)20-9-12-4-2-1-3-5-12/h1-2,6-8,10-12H,3-5,9H2,(H,20,24)(H,22,25)/t12-/m0/s1. The Hall–Kier alpha value is -3.03. The van der Waals surface area contributed by atoms with Crippen LogP contribution in [0.4, 0.5) is 10.1 Å². The van der Waals surface area contributed by atoms with Gasteiger partial charge in [-0.2, -0.15) is 5.10 Å². The maximum atomic E-state index is 14.1. The van der Waals surface area contributed by atoms with E-state index in [-0.39, 0.29) is 11.4 Å². The molecule has 0 aliphatic heterocycles. The average molecular weight is 343 g/mol. The number of aromatic nitrogens is 3. The lowest BCUT2D eigenvalue weighted by Crippen LogP contribution is -2.38. The highest BCUT2D eigenvalue weighted by molar-refractivity contribution is 6.39. The van der Waals surface area contributed by atoms with Crippen LogP contribution in [0.2, 0.25) is 0 Å². The van der Waals surface area contributed by atoms with Crippen LogP contribution in [0.3, 0.4) is 0 Å². The van der Waals surface area contributed by atoms with Gasteiger partial charge in [-0.1, -0.05) is 12.2 Å². The molecule has 1 heterocycles. The van der Waals surface area contributed by atoms with Crippen LogP contribution in [0, 0.1) is 11.7 Å². The molecule has 0 fully saturated rings. The molecule has 1 aromatic carbocycles. The van der Waals surface area contributed by atoms with Gasteiger partial charge in [-0.3, -0.25) is 9.59 Å². The van der Waals surface area contributed by atoms with Crippen LogP contribution in [0.5, 0.6) is 0 Å². The number of anilines is 1.